The predicted octanol–water partition coefficient (Wildman–Crippen LogP) is 3.47. The summed E-state index contributed by atoms with van der Waals surface area (Å²) in [4.78, 5) is -0.0402. The molecule has 2 N–H and O–H groups in total. The van der Waals surface area contributed by atoms with Crippen molar-refractivity contribution in [3.63, 3.8) is 0 Å². The van der Waals surface area contributed by atoms with E-state index in [9.17, 15) is 18.6 Å². The van der Waals surface area contributed by atoms with Gasteiger partial charge >= 0.3 is 0 Å². The number of hydrogen-bond acceptors (Lipinski definition) is 4. The average Bonchev–Trinajstić information content (AvgIpc) is 2.40. The van der Waals surface area contributed by atoms with Crippen LogP contribution < -0.4 is 0 Å². The lowest BCUT2D eigenvalue weighted by Gasteiger charge is -2.17. The van der Waals surface area contributed by atoms with Gasteiger partial charge in [0.05, 0.1) is 4.90 Å². The van der Waals surface area contributed by atoms with Crippen LogP contribution in [0.25, 0.3) is 0 Å². The molecule has 0 amide bonds. The second-order valence-corrected chi connectivity index (χ2v) is 7.47. The van der Waals surface area contributed by atoms with Crippen LogP contribution in [-0.2, 0) is 9.84 Å². The van der Waals surface area contributed by atoms with Crippen molar-refractivity contribution in [1.29, 1.82) is 0 Å². The van der Waals surface area contributed by atoms with E-state index in [1.807, 2.05) is 13.8 Å². The maximum atomic E-state index is 13.1. The lowest BCUT2D eigenvalue weighted by atomic mass is 10.0. The van der Waals surface area contributed by atoms with Crippen molar-refractivity contribution < 1.29 is 18.6 Å². The van der Waals surface area contributed by atoms with Crippen molar-refractivity contribution in [3.8, 4) is 11.5 Å². The number of hydrogen-bond donors (Lipinski definition) is 2. The minimum Gasteiger partial charge on any atom is -0.508 e. The molecule has 0 aromatic heterocycles. The molecule has 118 valence electrons. The molecule has 0 spiro atoms. The van der Waals surface area contributed by atoms with Gasteiger partial charge in [-0.15, -0.1) is 0 Å². The Morgan fingerprint density at radius 1 is 0.727 bits per heavy atom. The first-order chi connectivity index (χ1) is 10.1. The molecule has 0 fully saturated rings. The van der Waals surface area contributed by atoms with Gasteiger partial charge in [0.1, 0.15) is 16.4 Å². The van der Waals surface area contributed by atoms with E-state index in [1.54, 1.807) is 26.8 Å². The molecule has 0 heterocycles. The van der Waals surface area contributed by atoms with E-state index in [0.29, 0.717) is 11.1 Å². The fourth-order valence-corrected chi connectivity index (χ4v) is 4.80. The molecule has 0 radical (unpaired) electrons. The number of rotatable bonds is 2. The van der Waals surface area contributed by atoms with Gasteiger partial charge in [-0.3, -0.25) is 0 Å². The molecular weight excluding hydrogens is 300 g/mol. The molecule has 0 aliphatic rings. The van der Waals surface area contributed by atoms with Crippen molar-refractivity contribution in [2.75, 3.05) is 0 Å². The van der Waals surface area contributed by atoms with Crippen LogP contribution in [0.15, 0.2) is 28.0 Å². The molecule has 5 heteroatoms. The smallest absolute Gasteiger partial charge is 0.211 e. The molecule has 2 rings (SSSR count). The topological polar surface area (TPSA) is 74.6 Å². The Bertz CT molecular complexity index is 865. The number of phenolic OH excluding ortho intramolecular Hbond substituents is 2. The third kappa shape index (κ3) is 2.35. The Morgan fingerprint density at radius 2 is 1.32 bits per heavy atom. The summed E-state index contributed by atoms with van der Waals surface area (Å²) >= 11 is 0. The Morgan fingerprint density at radius 3 is 1.91 bits per heavy atom. The van der Waals surface area contributed by atoms with Gasteiger partial charge in [-0.2, -0.15) is 0 Å². The summed E-state index contributed by atoms with van der Waals surface area (Å²) in [5.41, 5.74) is 3.01. The van der Waals surface area contributed by atoms with E-state index in [-0.39, 0.29) is 26.9 Å². The Kier molecular flexibility index (Phi) is 3.96. The monoisotopic (exact) mass is 320 g/mol. The molecule has 0 saturated heterocycles. The molecule has 0 saturated carbocycles. The number of benzene rings is 2. The highest BCUT2D eigenvalue weighted by atomic mass is 32.2. The van der Waals surface area contributed by atoms with Crippen molar-refractivity contribution in [1.82, 2.24) is 0 Å². The van der Waals surface area contributed by atoms with Gasteiger partial charge in [-0.05, 0) is 69.0 Å². The summed E-state index contributed by atoms with van der Waals surface area (Å²) in [5, 5.41) is 20.0. The Labute approximate surface area is 131 Å². The third-order valence-corrected chi connectivity index (χ3v) is 6.41. The van der Waals surface area contributed by atoms with Crippen molar-refractivity contribution >= 4 is 9.84 Å². The van der Waals surface area contributed by atoms with Crippen LogP contribution in [-0.4, -0.2) is 18.6 Å². The average molecular weight is 320 g/mol. The van der Waals surface area contributed by atoms with Gasteiger partial charge in [0, 0.05) is 5.56 Å². The van der Waals surface area contributed by atoms with Crippen molar-refractivity contribution in [2.24, 2.45) is 0 Å². The zero-order valence-electron chi connectivity index (χ0n) is 13.4. The van der Waals surface area contributed by atoms with E-state index < -0.39 is 9.84 Å². The van der Waals surface area contributed by atoms with E-state index in [1.165, 1.54) is 12.1 Å². The largest absolute Gasteiger partial charge is 0.508 e. The normalized spacial score (nSPS) is 11.7. The highest BCUT2D eigenvalue weighted by Gasteiger charge is 2.29. The fraction of sp³-hybridized carbons (Fsp3) is 0.294. The molecule has 2 aromatic carbocycles. The zero-order valence-corrected chi connectivity index (χ0v) is 14.2. The maximum Gasteiger partial charge on any atom is 0.211 e. The van der Waals surface area contributed by atoms with Gasteiger partial charge in [0.15, 0.2) is 0 Å². The quantitative estimate of drug-likeness (QED) is 0.888. The number of sulfone groups is 1. The predicted molar refractivity (Wildman–Crippen MR) is 85.4 cm³/mol. The van der Waals surface area contributed by atoms with Crippen LogP contribution in [0, 0.1) is 34.6 Å². The second kappa shape index (κ2) is 5.32. The molecule has 4 nitrogen and oxygen atoms in total. The standard InChI is InChI=1S/C17H20O4S/c1-9-6-7-14(18)13(5)16(9)22(20,21)17-12(4)11(3)10(2)8-15(17)19/h6-8,18-19H,1-5H3. The van der Waals surface area contributed by atoms with Gasteiger partial charge in [-0.1, -0.05) is 6.07 Å². The first-order valence-electron chi connectivity index (χ1n) is 6.93. The summed E-state index contributed by atoms with van der Waals surface area (Å²) in [7, 11) is -3.93. The maximum absolute atomic E-state index is 13.1. The number of aryl methyl sites for hydroxylation is 2. The minimum absolute atomic E-state index is 0.0501. The highest BCUT2D eigenvalue weighted by Crippen LogP contribution is 2.38. The molecular formula is C17H20O4S. The summed E-state index contributed by atoms with van der Waals surface area (Å²) in [6, 6.07) is 4.49. The first kappa shape index (κ1) is 16.4. The van der Waals surface area contributed by atoms with E-state index in [0.717, 1.165) is 11.1 Å². The number of aromatic hydroxyl groups is 2. The molecule has 0 aliphatic carbocycles. The third-order valence-electron chi connectivity index (χ3n) is 4.19. The first-order valence-corrected chi connectivity index (χ1v) is 8.41. The fourth-order valence-electron chi connectivity index (χ4n) is 2.71. The molecule has 0 atom stereocenters. The Hall–Kier alpha value is -2.01. The van der Waals surface area contributed by atoms with E-state index in [4.69, 9.17) is 0 Å². The van der Waals surface area contributed by atoms with E-state index >= 15 is 0 Å². The zero-order chi connectivity index (χ0) is 16.8. The molecule has 22 heavy (non-hydrogen) atoms. The summed E-state index contributed by atoms with van der Waals surface area (Å²) in [5.74, 6) is -0.340. The summed E-state index contributed by atoms with van der Waals surface area (Å²) in [6.45, 7) is 8.56. The Balaban J connectivity index is 2.90. The van der Waals surface area contributed by atoms with Crippen LogP contribution in [0.2, 0.25) is 0 Å². The minimum atomic E-state index is -3.93. The van der Waals surface area contributed by atoms with Gasteiger partial charge in [0.2, 0.25) is 9.84 Å². The lowest BCUT2D eigenvalue weighted by Crippen LogP contribution is -2.10. The van der Waals surface area contributed by atoms with Crippen LogP contribution in [0.1, 0.15) is 27.8 Å². The van der Waals surface area contributed by atoms with Crippen LogP contribution >= 0.6 is 0 Å². The SMILES string of the molecule is Cc1cc(O)c(S(=O)(=O)c2c(C)ccc(O)c2C)c(C)c1C. The second-order valence-electron chi connectivity index (χ2n) is 5.65. The van der Waals surface area contributed by atoms with Gasteiger partial charge in [-0.25, -0.2) is 8.42 Å². The van der Waals surface area contributed by atoms with Crippen LogP contribution in [0.3, 0.4) is 0 Å². The van der Waals surface area contributed by atoms with Crippen molar-refractivity contribution in [3.05, 3.63) is 46.0 Å². The van der Waals surface area contributed by atoms with Gasteiger partial charge in [0.25, 0.3) is 0 Å². The molecule has 0 bridgehead atoms. The molecule has 0 aliphatic heterocycles. The van der Waals surface area contributed by atoms with Gasteiger partial charge < -0.3 is 10.2 Å². The van der Waals surface area contributed by atoms with Crippen LogP contribution in [0.5, 0.6) is 11.5 Å². The lowest BCUT2D eigenvalue weighted by molar-refractivity contribution is 0.455. The summed E-state index contributed by atoms with van der Waals surface area (Å²) < 4.78 is 26.1. The van der Waals surface area contributed by atoms with Crippen LogP contribution in [0.4, 0.5) is 0 Å². The number of phenols is 2. The molecule has 0 unspecified atom stereocenters. The summed E-state index contributed by atoms with van der Waals surface area (Å²) in [6.07, 6.45) is 0. The highest BCUT2D eigenvalue weighted by molar-refractivity contribution is 7.91. The van der Waals surface area contributed by atoms with E-state index in [2.05, 4.69) is 0 Å². The van der Waals surface area contributed by atoms with Crippen molar-refractivity contribution in [2.45, 2.75) is 44.4 Å². The molecule has 2 aromatic rings.